The minimum atomic E-state index is -0.201. The second-order valence-corrected chi connectivity index (χ2v) is 5.72. The maximum absolute atomic E-state index is 12.0. The van der Waals surface area contributed by atoms with Gasteiger partial charge in [0, 0.05) is 18.2 Å². The number of hydrogen-bond donors (Lipinski definition) is 2. The number of rotatable bonds is 5. The number of benzene rings is 1. The molecule has 0 fully saturated rings. The fraction of sp³-hybridized carbons (Fsp3) is 0.588. The first kappa shape index (κ1) is 15.8. The molecule has 116 valence electrons. The van der Waals surface area contributed by atoms with Gasteiger partial charge >= 0.3 is 0 Å². The first-order chi connectivity index (χ1) is 10.1. The minimum absolute atomic E-state index is 0.0659. The molecule has 1 aliphatic heterocycles. The first-order valence-corrected chi connectivity index (χ1v) is 7.89. The summed E-state index contributed by atoms with van der Waals surface area (Å²) in [6.07, 6.45) is 2.94. The van der Waals surface area contributed by atoms with Crippen LogP contribution in [0.4, 0.5) is 0 Å². The van der Waals surface area contributed by atoms with Crippen LogP contribution < -0.4 is 15.4 Å². The van der Waals surface area contributed by atoms with Gasteiger partial charge in [0.2, 0.25) is 5.91 Å². The van der Waals surface area contributed by atoms with Crippen molar-refractivity contribution in [3.05, 3.63) is 29.3 Å². The van der Waals surface area contributed by atoms with Crippen molar-refractivity contribution in [2.45, 2.75) is 52.1 Å². The standard InChI is InChI=1S/C17H26N2O2/c1-4-10-18-17(20)13(3)19-15-9-6-11-21-16-12(2)7-5-8-14(15)16/h5,7-8,13,15,19H,4,6,9-11H2,1-3H3,(H,18,20). The second kappa shape index (κ2) is 7.46. The summed E-state index contributed by atoms with van der Waals surface area (Å²) >= 11 is 0. The molecule has 0 saturated carbocycles. The summed E-state index contributed by atoms with van der Waals surface area (Å²) in [4.78, 5) is 12.0. The van der Waals surface area contributed by atoms with Crippen LogP contribution in [0, 0.1) is 6.92 Å². The monoisotopic (exact) mass is 290 g/mol. The van der Waals surface area contributed by atoms with Crippen LogP contribution in [0.5, 0.6) is 5.75 Å². The lowest BCUT2D eigenvalue weighted by molar-refractivity contribution is -0.122. The van der Waals surface area contributed by atoms with Gasteiger partial charge in [0.05, 0.1) is 12.6 Å². The lowest BCUT2D eigenvalue weighted by Crippen LogP contribution is -2.43. The quantitative estimate of drug-likeness (QED) is 0.876. The van der Waals surface area contributed by atoms with Crippen molar-refractivity contribution in [3.8, 4) is 5.75 Å². The zero-order valence-electron chi connectivity index (χ0n) is 13.2. The molecule has 21 heavy (non-hydrogen) atoms. The molecule has 2 rings (SSSR count). The fourth-order valence-corrected chi connectivity index (χ4v) is 2.72. The van der Waals surface area contributed by atoms with E-state index in [0.29, 0.717) is 0 Å². The van der Waals surface area contributed by atoms with Crippen LogP contribution in [0.3, 0.4) is 0 Å². The highest BCUT2D eigenvalue weighted by molar-refractivity contribution is 5.81. The van der Waals surface area contributed by atoms with Gasteiger partial charge in [0.25, 0.3) is 0 Å². The summed E-state index contributed by atoms with van der Waals surface area (Å²) in [7, 11) is 0. The van der Waals surface area contributed by atoms with E-state index in [1.807, 2.05) is 6.92 Å². The SMILES string of the molecule is CCCNC(=O)C(C)NC1CCCOc2c(C)cccc21. The average Bonchev–Trinajstić information content (AvgIpc) is 2.68. The Hall–Kier alpha value is -1.55. The summed E-state index contributed by atoms with van der Waals surface area (Å²) in [5, 5.41) is 6.40. The molecule has 2 N–H and O–H groups in total. The smallest absolute Gasteiger partial charge is 0.236 e. The maximum atomic E-state index is 12.0. The van der Waals surface area contributed by atoms with E-state index >= 15 is 0 Å². The first-order valence-electron chi connectivity index (χ1n) is 7.89. The summed E-state index contributed by atoms with van der Waals surface area (Å²) in [5.41, 5.74) is 2.33. The van der Waals surface area contributed by atoms with Gasteiger partial charge in [-0.3, -0.25) is 10.1 Å². The van der Waals surface area contributed by atoms with E-state index in [4.69, 9.17) is 4.74 Å². The second-order valence-electron chi connectivity index (χ2n) is 5.72. The number of nitrogens with one attached hydrogen (secondary N) is 2. The third-order valence-electron chi connectivity index (χ3n) is 3.90. The van der Waals surface area contributed by atoms with Crippen LogP contribution in [0.15, 0.2) is 18.2 Å². The highest BCUT2D eigenvalue weighted by Gasteiger charge is 2.24. The molecule has 2 atom stereocenters. The molecule has 0 bridgehead atoms. The van der Waals surface area contributed by atoms with Crippen molar-refractivity contribution >= 4 is 5.91 Å². The van der Waals surface area contributed by atoms with E-state index in [2.05, 4.69) is 42.7 Å². The molecular formula is C17H26N2O2. The number of fused-ring (bicyclic) bond motifs is 1. The van der Waals surface area contributed by atoms with Crippen LogP contribution in [-0.2, 0) is 4.79 Å². The van der Waals surface area contributed by atoms with Crippen molar-refractivity contribution in [2.24, 2.45) is 0 Å². The Morgan fingerprint density at radius 2 is 2.29 bits per heavy atom. The van der Waals surface area contributed by atoms with Crippen molar-refractivity contribution in [3.63, 3.8) is 0 Å². The number of para-hydroxylation sites is 1. The number of ether oxygens (including phenoxy) is 1. The lowest BCUT2D eigenvalue weighted by atomic mass is 9.99. The number of carbonyl (C=O) groups is 1. The van der Waals surface area contributed by atoms with Gasteiger partial charge in [-0.2, -0.15) is 0 Å². The van der Waals surface area contributed by atoms with Crippen LogP contribution >= 0.6 is 0 Å². The molecule has 0 spiro atoms. The molecule has 1 heterocycles. The van der Waals surface area contributed by atoms with Crippen molar-refractivity contribution < 1.29 is 9.53 Å². The normalized spacial score (nSPS) is 19.1. The van der Waals surface area contributed by atoms with Crippen LogP contribution in [0.1, 0.15) is 50.3 Å². The maximum Gasteiger partial charge on any atom is 0.236 e. The number of carbonyl (C=O) groups excluding carboxylic acids is 1. The molecule has 2 unspecified atom stereocenters. The van der Waals surface area contributed by atoms with Gasteiger partial charge < -0.3 is 10.1 Å². The van der Waals surface area contributed by atoms with E-state index in [9.17, 15) is 4.79 Å². The van der Waals surface area contributed by atoms with Gasteiger partial charge in [0.15, 0.2) is 0 Å². The summed E-state index contributed by atoms with van der Waals surface area (Å²) in [6.45, 7) is 7.52. The van der Waals surface area contributed by atoms with E-state index in [1.165, 1.54) is 5.56 Å². The van der Waals surface area contributed by atoms with Crippen molar-refractivity contribution in [1.82, 2.24) is 10.6 Å². The van der Waals surface area contributed by atoms with Crippen LogP contribution in [0.25, 0.3) is 0 Å². The van der Waals surface area contributed by atoms with Gasteiger partial charge in [-0.05, 0) is 38.7 Å². The predicted molar refractivity (Wildman–Crippen MR) is 84.5 cm³/mol. The van der Waals surface area contributed by atoms with Crippen LogP contribution in [0.2, 0.25) is 0 Å². The molecule has 1 aromatic carbocycles. The average molecular weight is 290 g/mol. The molecule has 1 aromatic rings. The lowest BCUT2D eigenvalue weighted by Gasteiger charge is -2.23. The third kappa shape index (κ3) is 3.97. The Bertz CT molecular complexity index is 488. The molecule has 0 aliphatic carbocycles. The fourth-order valence-electron chi connectivity index (χ4n) is 2.72. The number of hydrogen-bond acceptors (Lipinski definition) is 3. The summed E-state index contributed by atoms with van der Waals surface area (Å²) < 4.78 is 5.88. The Kier molecular flexibility index (Phi) is 5.62. The van der Waals surface area contributed by atoms with E-state index in [0.717, 1.165) is 43.7 Å². The van der Waals surface area contributed by atoms with Gasteiger partial charge in [-0.1, -0.05) is 25.1 Å². The molecule has 0 radical (unpaired) electrons. The third-order valence-corrected chi connectivity index (χ3v) is 3.90. The van der Waals surface area contributed by atoms with Crippen molar-refractivity contribution in [1.29, 1.82) is 0 Å². The van der Waals surface area contributed by atoms with Gasteiger partial charge in [-0.15, -0.1) is 0 Å². The zero-order valence-corrected chi connectivity index (χ0v) is 13.2. The molecule has 0 aromatic heterocycles. The topological polar surface area (TPSA) is 50.4 Å². The van der Waals surface area contributed by atoms with E-state index < -0.39 is 0 Å². The minimum Gasteiger partial charge on any atom is -0.493 e. The molecule has 1 amide bonds. The Balaban J connectivity index is 2.10. The van der Waals surface area contributed by atoms with Gasteiger partial charge in [-0.25, -0.2) is 0 Å². The molecular weight excluding hydrogens is 264 g/mol. The number of aryl methyl sites for hydroxylation is 1. The Labute approximate surface area is 127 Å². The summed E-state index contributed by atoms with van der Waals surface area (Å²) in [5.74, 6) is 1.05. The van der Waals surface area contributed by atoms with E-state index in [1.54, 1.807) is 0 Å². The molecule has 1 aliphatic rings. The Morgan fingerprint density at radius 1 is 1.48 bits per heavy atom. The molecule has 0 saturated heterocycles. The summed E-state index contributed by atoms with van der Waals surface area (Å²) in [6, 6.07) is 6.19. The zero-order chi connectivity index (χ0) is 15.2. The Morgan fingerprint density at radius 3 is 3.05 bits per heavy atom. The van der Waals surface area contributed by atoms with E-state index in [-0.39, 0.29) is 18.0 Å². The molecule has 4 heteroatoms. The number of amides is 1. The van der Waals surface area contributed by atoms with Crippen molar-refractivity contribution in [2.75, 3.05) is 13.2 Å². The largest absolute Gasteiger partial charge is 0.493 e. The highest BCUT2D eigenvalue weighted by atomic mass is 16.5. The predicted octanol–water partition coefficient (Wildman–Crippen LogP) is 2.71. The van der Waals surface area contributed by atoms with Gasteiger partial charge in [0.1, 0.15) is 5.75 Å². The molecule has 4 nitrogen and oxygen atoms in total. The van der Waals surface area contributed by atoms with Crippen LogP contribution in [-0.4, -0.2) is 25.1 Å². The highest BCUT2D eigenvalue weighted by Crippen LogP contribution is 2.34.